The first-order valence-corrected chi connectivity index (χ1v) is 9.05. The van der Waals surface area contributed by atoms with Crippen LogP contribution in [0, 0.1) is 0 Å². The number of nitrogens with one attached hydrogen (secondary N) is 2. The number of carbonyl (C=O) groups is 1. The number of rotatable bonds is 6. The van der Waals surface area contributed by atoms with E-state index in [1.165, 1.54) is 60.9 Å². The van der Waals surface area contributed by atoms with E-state index in [0.29, 0.717) is 23.2 Å². The molecule has 0 aromatic carbocycles. The zero-order valence-electron chi connectivity index (χ0n) is 13.5. The number of hydrogen-bond donors (Lipinski definition) is 2. The van der Waals surface area contributed by atoms with Gasteiger partial charge in [0.2, 0.25) is 0 Å². The second kappa shape index (κ2) is 9.71. The molecule has 1 saturated carbocycles. The Morgan fingerprint density at radius 2 is 2.04 bits per heavy atom. The number of amides is 1. The van der Waals surface area contributed by atoms with Crippen molar-refractivity contribution in [2.24, 2.45) is 0 Å². The molecule has 0 saturated heterocycles. The van der Waals surface area contributed by atoms with Crippen LogP contribution in [0.5, 0.6) is 0 Å². The lowest BCUT2D eigenvalue weighted by molar-refractivity contribution is 0.0957. The summed E-state index contributed by atoms with van der Waals surface area (Å²) in [5.74, 6) is -0.0758. The summed E-state index contributed by atoms with van der Waals surface area (Å²) in [4.78, 5) is 12.9. The van der Waals surface area contributed by atoms with E-state index in [2.05, 4.69) is 26.2 Å². The van der Waals surface area contributed by atoms with E-state index in [1.54, 1.807) is 0 Å². The van der Waals surface area contributed by atoms with Gasteiger partial charge in [-0.2, -0.15) is 4.68 Å². The molecule has 3 rings (SSSR count). The molecule has 0 atom stereocenters. The van der Waals surface area contributed by atoms with E-state index < -0.39 is 0 Å². The van der Waals surface area contributed by atoms with E-state index in [0.717, 1.165) is 6.54 Å². The minimum Gasteiger partial charge on any atom is -0.350 e. The highest BCUT2D eigenvalue weighted by molar-refractivity contribution is 7.12. The van der Waals surface area contributed by atoms with Crippen LogP contribution in [-0.2, 0) is 0 Å². The molecule has 2 heterocycles. The molecule has 0 aliphatic heterocycles. The Balaban J connectivity index is 0.00000208. The highest BCUT2D eigenvalue weighted by Gasteiger charge is 2.15. The number of hydrogen-bond acceptors (Lipinski definition) is 6. The molecule has 1 aliphatic carbocycles. The molecular weight excluding hydrogens is 348 g/mol. The third-order valence-electron chi connectivity index (χ3n) is 4.15. The van der Waals surface area contributed by atoms with Gasteiger partial charge in [-0.15, -0.1) is 28.8 Å². The number of aromatic nitrogens is 4. The smallest absolute Gasteiger partial charge is 0.263 e. The van der Waals surface area contributed by atoms with Crippen LogP contribution in [0.15, 0.2) is 17.8 Å². The first-order chi connectivity index (χ1) is 11.3. The molecule has 1 fully saturated rings. The van der Waals surface area contributed by atoms with E-state index in [4.69, 9.17) is 0 Å². The van der Waals surface area contributed by atoms with Crippen molar-refractivity contribution in [2.45, 2.75) is 44.6 Å². The van der Waals surface area contributed by atoms with E-state index in [1.807, 2.05) is 11.4 Å². The van der Waals surface area contributed by atoms with Gasteiger partial charge in [0.1, 0.15) is 11.2 Å². The van der Waals surface area contributed by atoms with Crippen molar-refractivity contribution in [3.63, 3.8) is 0 Å². The van der Waals surface area contributed by atoms with Crippen LogP contribution >= 0.6 is 23.7 Å². The molecule has 24 heavy (non-hydrogen) atoms. The molecule has 7 nitrogen and oxygen atoms in total. The van der Waals surface area contributed by atoms with Crippen molar-refractivity contribution < 1.29 is 4.79 Å². The van der Waals surface area contributed by atoms with Gasteiger partial charge in [-0.05, 0) is 34.7 Å². The van der Waals surface area contributed by atoms with Gasteiger partial charge in [0.05, 0.1) is 5.69 Å². The maximum atomic E-state index is 12.3. The van der Waals surface area contributed by atoms with Crippen molar-refractivity contribution in [1.82, 2.24) is 30.8 Å². The normalized spacial score (nSPS) is 15.5. The quantitative estimate of drug-likeness (QED) is 0.601. The van der Waals surface area contributed by atoms with Crippen molar-refractivity contribution >= 4 is 29.7 Å². The molecule has 1 aliphatic rings. The Labute approximate surface area is 151 Å². The summed E-state index contributed by atoms with van der Waals surface area (Å²) < 4.78 is 1.51. The van der Waals surface area contributed by atoms with Crippen molar-refractivity contribution in [3.8, 4) is 5.69 Å². The minimum atomic E-state index is -0.0758. The lowest BCUT2D eigenvalue weighted by Gasteiger charge is -2.16. The Morgan fingerprint density at radius 1 is 1.25 bits per heavy atom. The molecule has 1 amide bonds. The molecule has 132 valence electrons. The van der Waals surface area contributed by atoms with Gasteiger partial charge in [0.25, 0.3) is 5.91 Å². The van der Waals surface area contributed by atoms with Crippen LogP contribution in [0.4, 0.5) is 0 Å². The third-order valence-corrected chi connectivity index (χ3v) is 5.05. The lowest BCUT2D eigenvalue weighted by atomic mass is 10.1. The summed E-state index contributed by atoms with van der Waals surface area (Å²) in [6, 6.07) is 2.45. The summed E-state index contributed by atoms with van der Waals surface area (Å²) >= 11 is 1.40. The number of carbonyl (C=O) groups excluding carboxylic acids is 1. The van der Waals surface area contributed by atoms with Gasteiger partial charge >= 0.3 is 0 Å². The lowest BCUT2D eigenvalue weighted by Crippen LogP contribution is -2.36. The largest absolute Gasteiger partial charge is 0.350 e. The molecule has 0 bridgehead atoms. The maximum Gasteiger partial charge on any atom is 0.263 e. The van der Waals surface area contributed by atoms with E-state index in [9.17, 15) is 4.79 Å². The molecular formula is C15H23ClN6OS. The van der Waals surface area contributed by atoms with Gasteiger partial charge in [-0.3, -0.25) is 4.79 Å². The molecule has 9 heteroatoms. The van der Waals surface area contributed by atoms with E-state index in [-0.39, 0.29) is 18.3 Å². The average molecular weight is 371 g/mol. The average Bonchev–Trinajstić information content (AvgIpc) is 3.18. The fraction of sp³-hybridized carbons (Fsp3) is 0.600. The Bertz CT molecular complexity index is 609. The first-order valence-electron chi connectivity index (χ1n) is 8.17. The van der Waals surface area contributed by atoms with Crippen LogP contribution in [0.3, 0.4) is 0 Å². The second-order valence-corrected chi connectivity index (χ2v) is 6.70. The Kier molecular flexibility index (Phi) is 7.61. The number of tetrazole rings is 1. The molecule has 2 aromatic rings. The zero-order valence-corrected chi connectivity index (χ0v) is 15.1. The molecule has 0 unspecified atom stereocenters. The van der Waals surface area contributed by atoms with E-state index >= 15 is 0 Å². The fourth-order valence-electron chi connectivity index (χ4n) is 2.94. The Morgan fingerprint density at radius 3 is 2.75 bits per heavy atom. The van der Waals surface area contributed by atoms with Gasteiger partial charge in [-0.1, -0.05) is 25.7 Å². The summed E-state index contributed by atoms with van der Waals surface area (Å²) in [6.45, 7) is 1.43. The van der Waals surface area contributed by atoms with Crippen LogP contribution in [0.2, 0.25) is 0 Å². The summed E-state index contributed by atoms with van der Waals surface area (Å²) in [6.07, 6.45) is 9.33. The summed E-state index contributed by atoms with van der Waals surface area (Å²) in [5, 5.41) is 19.5. The molecule has 2 N–H and O–H groups in total. The molecule has 2 aromatic heterocycles. The van der Waals surface area contributed by atoms with Crippen LogP contribution in [-0.4, -0.2) is 45.2 Å². The number of nitrogens with zero attached hydrogens (tertiary/aromatic N) is 4. The zero-order chi connectivity index (χ0) is 15.9. The number of halogens is 1. The van der Waals surface area contributed by atoms with Crippen molar-refractivity contribution in [1.29, 1.82) is 0 Å². The van der Waals surface area contributed by atoms with Crippen LogP contribution < -0.4 is 10.6 Å². The monoisotopic (exact) mass is 370 g/mol. The van der Waals surface area contributed by atoms with Crippen LogP contribution in [0.1, 0.15) is 48.2 Å². The van der Waals surface area contributed by atoms with Crippen LogP contribution in [0.25, 0.3) is 5.69 Å². The predicted molar refractivity (Wildman–Crippen MR) is 96.1 cm³/mol. The minimum absolute atomic E-state index is 0. The molecule has 0 radical (unpaired) electrons. The first kappa shape index (κ1) is 18.8. The van der Waals surface area contributed by atoms with Gasteiger partial charge in [-0.25, -0.2) is 0 Å². The summed E-state index contributed by atoms with van der Waals surface area (Å²) in [7, 11) is 0. The third kappa shape index (κ3) is 4.99. The second-order valence-electron chi connectivity index (χ2n) is 5.79. The maximum absolute atomic E-state index is 12.3. The van der Waals surface area contributed by atoms with Gasteiger partial charge < -0.3 is 10.6 Å². The van der Waals surface area contributed by atoms with Gasteiger partial charge in [0.15, 0.2) is 0 Å². The SMILES string of the molecule is Cl.O=C(NCCNC1CCCCCC1)c1sccc1-n1cnnn1. The van der Waals surface area contributed by atoms with Crippen molar-refractivity contribution in [3.05, 3.63) is 22.7 Å². The predicted octanol–water partition coefficient (Wildman–Crippen LogP) is 2.19. The molecule has 0 spiro atoms. The fourth-order valence-corrected chi connectivity index (χ4v) is 3.74. The topological polar surface area (TPSA) is 84.7 Å². The summed E-state index contributed by atoms with van der Waals surface area (Å²) in [5.41, 5.74) is 0.717. The van der Waals surface area contributed by atoms with Crippen molar-refractivity contribution in [2.75, 3.05) is 13.1 Å². The Hall–Kier alpha value is -1.51. The highest BCUT2D eigenvalue weighted by Crippen LogP contribution is 2.19. The van der Waals surface area contributed by atoms with Gasteiger partial charge in [0, 0.05) is 19.1 Å². The number of thiophene rings is 1. The highest BCUT2D eigenvalue weighted by atomic mass is 35.5. The standard InChI is InChI=1S/C15H22N6OS.ClH/c22-15(14-13(7-10-23-14)21-11-18-19-20-21)17-9-8-16-12-5-3-1-2-4-6-12;/h7,10-12,16H,1-6,8-9H2,(H,17,22);1H.